The Hall–Kier alpha value is -1.75. The molecular weight excluding hydrogens is 322 g/mol. The van der Waals surface area contributed by atoms with Crippen LogP contribution in [0, 0.1) is 0 Å². The van der Waals surface area contributed by atoms with Gasteiger partial charge in [-0.3, -0.25) is 4.79 Å². The molecule has 0 amide bonds. The molecule has 0 saturated heterocycles. The number of halogens is 1. The molecule has 2 rings (SSSR count). The first-order valence-corrected chi connectivity index (χ1v) is 7.21. The van der Waals surface area contributed by atoms with E-state index < -0.39 is 0 Å². The number of nitrogens with zero attached hydrogens (tertiary/aromatic N) is 1. The normalized spacial score (nSPS) is 10.3. The van der Waals surface area contributed by atoms with Gasteiger partial charge in [0.05, 0.1) is 17.6 Å². The lowest BCUT2D eigenvalue weighted by Crippen LogP contribution is -2.22. The summed E-state index contributed by atoms with van der Waals surface area (Å²) in [5.74, 6) is 1.41. The molecular formula is C15H16BrNO3. The molecule has 0 saturated carbocycles. The number of rotatable bonds is 6. The first-order valence-electron chi connectivity index (χ1n) is 6.42. The van der Waals surface area contributed by atoms with Gasteiger partial charge < -0.3 is 14.0 Å². The second kappa shape index (κ2) is 7.14. The molecule has 0 aliphatic rings. The third-order valence-corrected chi connectivity index (χ3v) is 3.32. The quantitative estimate of drug-likeness (QED) is 0.813. The lowest BCUT2D eigenvalue weighted by Gasteiger charge is -2.12. The molecule has 0 aliphatic carbocycles. The minimum Gasteiger partial charge on any atom is -0.490 e. The van der Waals surface area contributed by atoms with Crippen LogP contribution in [0.2, 0.25) is 0 Å². The molecule has 106 valence electrons. The van der Waals surface area contributed by atoms with E-state index in [4.69, 9.17) is 9.47 Å². The average Bonchev–Trinajstić information content (AvgIpc) is 2.45. The Labute approximate surface area is 126 Å². The summed E-state index contributed by atoms with van der Waals surface area (Å²) < 4.78 is 13.3. The van der Waals surface area contributed by atoms with Gasteiger partial charge in [-0.05, 0) is 47.1 Å². The van der Waals surface area contributed by atoms with Crippen molar-refractivity contribution < 1.29 is 9.47 Å². The molecule has 2 aromatic rings. The fourth-order valence-electron chi connectivity index (χ4n) is 1.78. The van der Waals surface area contributed by atoms with Gasteiger partial charge >= 0.3 is 0 Å². The smallest absolute Gasteiger partial charge is 0.264 e. The summed E-state index contributed by atoms with van der Waals surface area (Å²) in [6.45, 7) is 3.41. The number of ether oxygens (including phenoxy) is 2. The maximum atomic E-state index is 11.8. The highest BCUT2D eigenvalue weighted by Crippen LogP contribution is 2.26. The van der Waals surface area contributed by atoms with Gasteiger partial charge in [0, 0.05) is 6.20 Å². The molecule has 0 spiro atoms. The van der Waals surface area contributed by atoms with E-state index in [-0.39, 0.29) is 5.56 Å². The largest absolute Gasteiger partial charge is 0.490 e. The summed E-state index contributed by atoms with van der Waals surface area (Å²) in [4.78, 5) is 11.8. The molecule has 0 unspecified atom stereocenters. The summed E-state index contributed by atoms with van der Waals surface area (Å²) in [5.41, 5.74) is -0.0609. The van der Waals surface area contributed by atoms with E-state index in [0.717, 1.165) is 5.75 Å². The van der Waals surface area contributed by atoms with Crippen molar-refractivity contribution in [3.8, 4) is 11.5 Å². The molecule has 20 heavy (non-hydrogen) atoms. The maximum Gasteiger partial charge on any atom is 0.264 e. The van der Waals surface area contributed by atoms with Crippen molar-refractivity contribution in [1.29, 1.82) is 0 Å². The molecule has 0 radical (unpaired) electrons. The van der Waals surface area contributed by atoms with Crippen LogP contribution in [0.25, 0.3) is 0 Å². The monoisotopic (exact) mass is 337 g/mol. The lowest BCUT2D eigenvalue weighted by molar-refractivity contribution is 0.265. The van der Waals surface area contributed by atoms with Crippen molar-refractivity contribution in [3.05, 3.63) is 57.4 Å². The maximum absolute atomic E-state index is 11.8. The highest BCUT2D eigenvalue weighted by molar-refractivity contribution is 9.10. The van der Waals surface area contributed by atoms with Crippen LogP contribution in [0.1, 0.15) is 6.92 Å². The Morgan fingerprint density at radius 3 is 2.50 bits per heavy atom. The van der Waals surface area contributed by atoms with Crippen LogP contribution in [0.3, 0.4) is 0 Å². The Kier molecular flexibility index (Phi) is 5.24. The number of hydrogen-bond acceptors (Lipinski definition) is 3. The van der Waals surface area contributed by atoms with Gasteiger partial charge in [-0.15, -0.1) is 0 Å². The molecule has 0 bridgehead atoms. The predicted octanol–water partition coefficient (Wildman–Crippen LogP) is 3.09. The van der Waals surface area contributed by atoms with Crippen molar-refractivity contribution in [1.82, 2.24) is 4.57 Å². The van der Waals surface area contributed by atoms with Crippen LogP contribution in [-0.2, 0) is 6.54 Å². The van der Waals surface area contributed by atoms with Crippen molar-refractivity contribution in [2.24, 2.45) is 0 Å². The van der Waals surface area contributed by atoms with Gasteiger partial charge in [0.25, 0.3) is 5.56 Å². The zero-order chi connectivity index (χ0) is 14.4. The fraction of sp³-hybridized carbons (Fsp3) is 0.267. The first-order chi connectivity index (χ1) is 9.72. The third kappa shape index (κ3) is 3.63. The Balaban J connectivity index is 1.99. The van der Waals surface area contributed by atoms with E-state index in [2.05, 4.69) is 15.9 Å². The van der Waals surface area contributed by atoms with E-state index in [1.54, 1.807) is 16.8 Å². The van der Waals surface area contributed by atoms with Crippen molar-refractivity contribution >= 4 is 15.9 Å². The van der Waals surface area contributed by atoms with Crippen LogP contribution in [0.5, 0.6) is 11.5 Å². The Bertz CT molecular complexity index is 625. The van der Waals surface area contributed by atoms with Gasteiger partial charge in [0.15, 0.2) is 11.5 Å². The van der Waals surface area contributed by atoms with Crippen LogP contribution in [0.4, 0.5) is 0 Å². The summed E-state index contributed by atoms with van der Waals surface area (Å²) >= 11 is 3.22. The Morgan fingerprint density at radius 1 is 1.10 bits per heavy atom. The molecule has 0 atom stereocenters. The van der Waals surface area contributed by atoms with Gasteiger partial charge in [0.2, 0.25) is 0 Å². The molecule has 1 heterocycles. The van der Waals surface area contributed by atoms with E-state index in [1.165, 1.54) is 0 Å². The molecule has 1 aromatic carbocycles. The van der Waals surface area contributed by atoms with Gasteiger partial charge in [-0.1, -0.05) is 12.1 Å². The van der Waals surface area contributed by atoms with Crippen LogP contribution < -0.4 is 15.0 Å². The number of pyridine rings is 1. The Morgan fingerprint density at radius 2 is 1.80 bits per heavy atom. The van der Waals surface area contributed by atoms with Crippen LogP contribution >= 0.6 is 15.9 Å². The van der Waals surface area contributed by atoms with Crippen LogP contribution in [0.15, 0.2) is 51.9 Å². The van der Waals surface area contributed by atoms with Crippen molar-refractivity contribution in [2.45, 2.75) is 13.5 Å². The third-order valence-electron chi connectivity index (χ3n) is 2.71. The summed E-state index contributed by atoms with van der Waals surface area (Å²) in [5, 5.41) is 0. The average molecular weight is 338 g/mol. The van der Waals surface area contributed by atoms with Gasteiger partial charge in [0.1, 0.15) is 6.61 Å². The van der Waals surface area contributed by atoms with Gasteiger partial charge in [-0.25, -0.2) is 0 Å². The lowest BCUT2D eigenvalue weighted by atomic mass is 10.3. The minimum atomic E-state index is -0.0609. The predicted molar refractivity (Wildman–Crippen MR) is 81.5 cm³/mol. The number of hydrogen-bond donors (Lipinski definition) is 0. The first kappa shape index (κ1) is 14.7. The zero-order valence-corrected chi connectivity index (χ0v) is 12.8. The van der Waals surface area contributed by atoms with E-state index in [1.807, 2.05) is 37.3 Å². The van der Waals surface area contributed by atoms with Crippen molar-refractivity contribution in [2.75, 3.05) is 13.2 Å². The summed E-state index contributed by atoms with van der Waals surface area (Å²) in [7, 11) is 0. The molecule has 5 heteroatoms. The molecule has 0 aliphatic heterocycles. The standard InChI is InChI=1S/C15H16BrNO3/c1-2-19-13-7-3-4-8-14(13)20-11-10-17-9-5-6-12(16)15(17)18/h3-9H,2,10-11H2,1H3. The molecule has 1 aromatic heterocycles. The van der Waals surface area contributed by atoms with Gasteiger partial charge in [-0.2, -0.15) is 0 Å². The highest BCUT2D eigenvalue weighted by atomic mass is 79.9. The van der Waals surface area contributed by atoms with Crippen LogP contribution in [-0.4, -0.2) is 17.8 Å². The molecule has 0 N–H and O–H groups in total. The highest BCUT2D eigenvalue weighted by Gasteiger charge is 2.04. The molecule has 4 nitrogen and oxygen atoms in total. The second-order valence-electron chi connectivity index (χ2n) is 4.08. The van der Waals surface area contributed by atoms with E-state index >= 15 is 0 Å². The topological polar surface area (TPSA) is 40.5 Å². The fourth-order valence-corrected chi connectivity index (χ4v) is 2.16. The summed E-state index contributed by atoms with van der Waals surface area (Å²) in [6, 6.07) is 11.1. The number of benzene rings is 1. The minimum absolute atomic E-state index is 0.0609. The number of aromatic nitrogens is 1. The second-order valence-corrected chi connectivity index (χ2v) is 4.94. The molecule has 0 fully saturated rings. The van der Waals surface area contributed by atoms with E-state index in [0.29, 0.717) is 30.0 Å². The van der Waals surface area contributed by atoms with Crippen molar-refractivity contribution in [3.63, 3.8) is 0 Å². The SMILES string of the molecule is CCOc1ccccc1OCCn1cccc(Br)c1=O. The summed E-state index contributed by atoms with van der Waals surface area (Å²) in [6.07, 6.45) is 1.74. The zero-order valence-electron chi connectivity index (χ0n) is 11.2. The number of para-hydroxylation sites is 2. The van der Waals surface area contributed by atoms with E-state index in [9.17, 15) is 4.79 Å².